The van der Waals surface area contributed by atoms with Crippen LogP contribution in [0.1, 0.15) is 29.6 Å². The molecule has 2 aliphatic heterocycles. The van der Waals surface area contributed by atoms with Crippen LogP contribution in [0.4, 0.5) is 0 Å². The number of halogens is 2. The zero-order valence-corrected chi connectivity index (χ0v) is 15.3. The third kappa shape index (κ3) is 4.75. The number of carbonyl (C=O) groups is 1. The van der Waals surface area contributed by atoms with Crippen molar-refractivity contribution in [3.8, 4) is 11.5 Å². The van der Waals surface area contributed by atoms with Crippen LogP contribution in [0, 0.1) is 5.92 Å². The number of ether oxygens (including phenoxy) is 2. The van der Waals surface area contributed by atoms with Gasteiger partial charge in [0.25, 0.3) is 5.91 Å². The molecule has 1 amide bonds. The molecular weight excluding hydrogens is 384 g/mol. The van der Waals surface area contributed by atoms with E-state index < -0.39 is 0 Å². The molecule has 7 heteroatoms. The van der Waals surface area contributed by atoms with E-state index in [0.717, 1.165) is 24.0 Å². The number of amides is 1. The second-order valence-corrected chi connectivity index (χ2v) is 6.59. The highest BCUT2D eigenvalue weighted by molar-refractivity contribution is 9.10. The Labute approximate surface area is 151 Å². The Morgan fingerprint density at radius 2 is 2.17 bits per heavy atom. The molecule has 1 saturated heterocycles. The zero-order chi connectivity index (χ0) is 15.4. The number of benzene rings is 1. The van der Waals surface area contributed by atoms with Gasteiger partial charge < -0.3 is 20.1 Å². The van der Waals surface area contributed by atoms with E-state index in [0.29, 0.717) is 42.7 Å². The van der Waals surface area contributed by atoms with E-state index in [1.165, 1.54) is 12.8 Å². The molecule has 0 aliphatic carbocycles. The van der Waals surface area contributed by atoms with E-state index in [4.69, 9.17) is 9.47 Å². The molecule has 5 nitrogen and oxygen atoms in total. The predicted molar refractivity (Wildman–Crippen MR) is 94.9 cm³/mol. The summed E-state index contributed by atoms with van der Waals surface area (Å²) in [6.45, 7) is 3.93. The Morgan fingerprint density at radius 1 is 1.35 bits per heavy atom. The average Bonchev–Trinajstić information content (AvgIpc) is 2.56. The monoisotopic (exact) mass is 404 g/mol. The van der Waals surface area contributed by atoms with Crippen molar-refractivity contribution in [2.75, 3.05) is 32.8 Å². The number of piperidine rings is 1. The van der Waals surface area contributed by atoms with Crippen LogP contribution in [0.2, 0.25) is 0 Å². The number of hydrogen-bond donors (Lipinski definition) is 2. The van der Waals surface area contributed by atoms with Crippen LogP contribution in [0.5, 0.6) is 11.5 Å². The lowest BCUT2D eigenvalue weighted by Crippen LogP contribution is -2.33. The van der Waals surface area contributed by atoms with E-state index >= 15 is 0 Å². The molecule has 0 saturated carbocycles. The van der Waals surface area contributed by atoms with Crippen molar-refractivity contribution in [3.63, 3.8) is 0 Å². The highest BCUT2D eigenvalue weighted by Gasteiger charge is 2.19. The van der Waals surface area contributed by atoms with Crippen LogP contribution < -0.4 is 20.1 Å². The smallest absolute Gasteiger partial charge is 0.251 e. The number of fused-ring (bicyclic) bond motifs is 1. The van der Waals surface area contributed by atoms with E-state index in [1.807, 2.05) is 0 Å². The van der Waals surface area contributed by atoms with E-state index in [9.17, 15) is 4.79 Å². The molecule has 0 spiro atoms. The Balaban J connectivity index is 0.00000192. The van der Waals surface area contributed by atoms with Gasteiger partial charge in [-0.05, 0) is 66.3 Å². The zero-order valence-electron chi connectivity index (χ0n) is 12.9. The van der Waals surface area contributed by atoms with Gasteiger partial charge in [0.05, 0.1) is 4.47 Å². The van der Waals surface area contributed by atoms with E-state index in [2.05, 4.69) is 26.6 Å². The first-order valence-corrected chi connectivity index (χ1v) is 8.61. The number of rotatable bonds is 4. The van der Waals surface area contributed by atoms with Crippen molar-refractivity contribution < 1.29 is 14.3 Å². The molecule has 1 atom stereocenters. The van der Waals surface area contributed by atoms with Crippen LogP contribution in [0.25, 0.3) is 0 Å². The van der Waals surface area contributed by atoms with Gasteiger partial charge in [0, 0.05) is 12.1 Å². The fourth-order valence-electron chi connectivity index (χ4n) is 2.90. The van der Waals surface area contributed by atoms with Crippen LogP contribution in [-0.4, -0.2) is 38.8 Å². The second kappa shape index (κ2) is 8.76. The Kier molecular flexibility index (Phi) is 6.99. The van der Waals surface area contributed by atoms with Crippen molar-refractivity contribution in [2.24, 2.45) is 5.92 Å². The van der Waals surface area contributed by atoms with Crippen LogP contribution in [0.3, 0.4) is 0 Å². The first-order valence-electron chi connectivity index (χ1n) is 7.82. The summed E-state index contributed by atoms with van der Waals surface area (Å²) in [6, 6.07) is 3.53. The van der Waals surface area contributed by atoms with E-state index in [-0.39, 0.29) is 18.3 Å². The molecule has 1 unspecified atom stereocenters. The highest BCUT2D eigenvalue weighted by Crippen LogP contribution is 2.38. The minimum absolute atomic E-state index is 0. The average molecular weight is 406 g/mol. The van der Waals surface area contributed by atoms with Gasteiger partial charge in [-0.1, -0.05) is 0 Å². The maximum Gasteiger partial charge on any atom is 0.251 e. The summed E-state index contributed by atoms with van der Waals surface area (Å²) in [4.78, 5) is 12.3. The molecule has 0 bridgehead atoms. The van der Waals surface area contributed by atoms with Gasteiger partial charge in [-0.2, -0.15) is 0 Å². The lowest BCUT2D eigenvalue weighted by atomic mass is 9.96. The maximum absolute atomic E-state index is 12.3. The molecule has 0 radical (unpaired) electrons. The molecular formula is C16H22BrClN2O3. The Hall–Kier alpha value is -0.980. The van der Waals surface area contributed by atoms with Crippen molar-refractivity contribution in [1.82, 2.24) is 10.6 Å². The molecule has 23 heavy (non-hydrogen) atoms. The van der Waals surface area contributed by atoms with Crippen molar-refractivity contribution in [3.05, 3.63) is 22.2 Å². The maximum atomic E-state index is 12.3. The summed E-state index contributed by atoms with van der Waals surface area (Å²) in [6.07, 6.45) is 3.50. The first-order chi connectivity index (χ1) is 10.7. The standard InChI is InChI=1S/C16H21BrN2O3.ClH/c17-13-8-12(9-14-15(13)22-7-6-21-14)16(20)19-5-3-11-2-1-4-18-10-11;/h8-9,11,18H,1-7,10H2,(H,19,20);1H. The third-order valence-electron chi connectivity index (χ3n) is 4.10. The molecule has 1 aromatic rings. The molecule has 3 rings (SSSR count). The predicted octanol–water partition coefficient (Wildman–Crippen LogP) is 2.76. The molecule has 2 aliphatic rings. The van der Waals surface area contributed by atoms with Gasteiger partial charge >= 0.3 is 0 Å². The number of nitrogens with one attached hydrogen (secondary N) is 2. The Morgan fingerprint density at radius 3 is 2.96 bits per heavy atom. The molecule has 2 heterocycles. The molecule has 1 fully saturated rings. The van der Waals surface area contributed by atoms with E-state index in [1.54, 1.807) is 12.1 Å². The number of hydrogen-bond acceptors (Lipinski definition) is 4. The molecule has 1 aromatic carbocycles. The normalized spacial score (nSPS) is 19.6. The van der Waals surface area contributed by atoms with Crippen LogP contribution in [-0.2, 0) is 0 Å². The molecule has 128 valence electrons. The van der Waals surface area contributed by atoms with Crippen LogP contribution in [0.15, 0.2) is 16.6 Å². The van der Waals surface area contributed by atoms with Crippen LogP contribution >= 0.6 is 28.3 Å². The second-order valence-electron chi connectivity index (χ2n) is 5.74. The van der Waals surface area contributed by atoms with Crippen molar-refractivity contribution >= 4 is 34.2 Å². The third-order valence-corrected chi connectivity index (χ3v) is 4.69. The Bertz CT molecular complexity index is 550. The van der Waals surface area contributed by atoms with Crippen molar-refractivity contribution in [1.29, 1.82) is 0 Å². The summed E-state index contributed by atoms with van der Waals surface area (Å²) < 4.78 is 11.8. The van der Waals surface area contributed by atoms with Gasteiger partial charge in [-0.15, -0.1) is 12.4 Å². The molecule has 0 aromatic heterocycles. The minimum atomic E-state index is -0.0681. The van der Waals surface area contributed by atoms with Gasteiger partial charge in [-0.25, -0.2) is 0 Å². The SMILES string of the molecule is Cl.O=C(NCCC1CCCNC1)c1cc(Br)c2c(c1)OCCO2. The van der Waals surface area contributed by atoms with Gasteiger partial charge in [0.1, 0.15) is 13.2 Å². The number of carbonyl (C=O) groups excluding carboxylic acids is 1. The quantitative estimate of drug-likeness (QED) is 0.809. The van der Waals surface area contributed by atoms with Gasteiger partial charge in [-0.3, -0.25) is 4.79 Å². The summed E-state index contributed by atoms with van der Waals surface area (Å²) in [7, 11) is 0. The summed E-state index contributed by atoms with van der Waals surface area (Å²) in [5.74, 6) is 1.90. The summed E-state index contributed by atoms with van der Waals surface area (Å²) in [5.41, 5.74) is 0.595. The summed E-state index contributed by atoms with van der Waals surface area (Å²) >= 11 is 3.44. The fraction of sp³-hybridized carbons (Fsp3) is 0.562. The van der Waals surface area contributed by atoms with Gasteiger partial charge in [0.2, 0.25) is 0 Å². The largest absolute Gasteiger partial charge is 0.486 e. The minimum Gasteiger partial charge on any atom is -0.486 e. The lowest BCUT2D eigenvalue weighted by molar-refractivity contribution is 0.0949. The van der Waals surface area contributed by atoms with Gasteiger partial charge in [0.15, 0.2) is 11.5 Å². The lowest BCUT2D eigenvalue weighted by Gasteiger charge is -2.23. The fourth-order valence-corrected chi connectivity index (χ4v) is 3.46. The highest BCUT2D eigenvalue weighted by atomic mass is 79.9. The topological polar surface area (TPSA) is 59.6 Å². The van der Waals surface area contributed by atoms with Crippen molar-refractivity contribution in [2.45, 2.75) is 19.3 Å². The first kappa shape index (κ1) is 18.4. The summed E-state index contributed by atoms with van der Waals surface area (Å²) in [5, 5.41) is 6.39. The molecule has 2 N–H and O–H groups in total.